The maximum atomic E-state index is 12.7. The van der Waals surface area contributed by atoms with Crippen LogP contribution in [0.25, 0.3) is 0 Å². The summed E-state index contributed by atoms with van der Waals surface area (Å²) in [6, 6.07) is 13.4. The summed E-state index contributed by atoms with van der Waals surface area (Å²) >= 11 is 0. The third-order valence-corrected chi connectivity index (χ3v) is 5.52. The largest absolute Gasteiger partial charge is 0.452 e. The highest BCUT2D eigenvalue weighted by Crippen LogP contribution is 2.37. The monoisotopic (exact) mass is 418 g/mol. The Balaban J connectivity index is 1.40. The van der Waals surface area contributed by atoms with Gasteiger partial charge in [-0.15, -0.1) is 0 Å². The fourth-order valence-corrected chi connectivity index (χ4v) is 3.88. The lowest BCUT2D eigenvalue weighted by atomic mass is 9.85. The lowest BCUT2D eigenvalue weighted by molar-refractivity contribution is -0.122. The van der Waals surface area contributed by atoms with E-state index in [-0.39, 0.29) is 29.2 Å². The van der Waals surface area contributed by atoms with Crippen molar-refractivity contribution in [2.24, 2.45) is 11.8 Å². The van der Waals surface area contributed by atoms with Crippen molar-refractivity contribution < 1.29 is 23.9 Å². The molecule has 4 rings (SSSR count). The number of amides is 3. The molecule has 0 radical (unpaired) electrons. The zero-order valence-electron chi connectivity index (χ0n) is 17.0. The van der Waals surface area contributed by atoms with Crippen LogP contribution in [0.15, 0.2) is 60.7 Å². The molecular weight excluding hydrogens is 396 g/mol. The first-order valence-electron chi connectivity index (χ1n) is 10.1. The molecule has 2 aliphatic rings. The molecule has 7 nitrogen and oxygen atoms in total. The molecule has 31 heavy (non-hydrogen) atoms. The van der Waals surface area contributed by atoms with Crippen molar-refractivity contribution in [1.29, 1.82) is 0 Å². The van der Waals surface area contributed by atoms with Crippen LogP contribution in [0, 0.1) is 18.8 Å². The van der Waals surface area contributed by atoms with Gasteiger partial charge in [0.15, 0.2) is 6.61 Å². The van der Waals surface area contributed by atoms with Crippen molar-refractivity contribution in [3.05, 3.63) is 71.8 Å². The van der Waals surface area contributed by atoms with Crippen molar-refractivity contribution in [3.8, 4) is 0 Å². The van der Waals surface area contributed by atoms with Crippen molar-refractivity contribution in [2.75, 3.05) is 16.8 Å². The first-order valence-corrected chi connectivity index (χ1v) is 10.1. The third kappa shape index (κ3) is 4.26. The summed E-state index contributed by atoms with van der Waals surface area (Å²) in [5.41, 5.74) is 2.17. The Labute approximate surface area is 179 Å². The fraction of sp³-hybridized carbons (Fsp3) is 0.250. The number of esters is 1. The van der Waals surface area contributed by atoms with Crippen molar-refractivity contribution in [1.82, 2.24) is 0 Å². The molecule has 3 amide bonds. The number of carbonyl (C=O) groups excluding carboxylic acids is 4. The van der Waals surface area contributed by atoms with Gasteiger partial charge in [-0.25, -0.2) is 4.79 Å². The van der Waals surface area contributed by atoms with Gasteiger partial charge in [-0.3, -0.25) is 19.3 Å². The van der Waals surface area contributed by atoms with E-state index in [2.05, 4.69) is 5.32 Å². The normalized spacial score (nSPS) is 19.8. The Kier molecular flexibility index (Phi) is 5.66. The van der Waals surface area contributed by atoms with Gasteiger partial charge in [0.25, 0.3) is 5.91 Å². The first kappa shape index (κ1) is 20.5. The highest BCUT2D eigenvalue weighted by Gasteiger charge is 2.47. The second-order valence-electron chi connectivity index (χ2n) is 7.71. The number of carbonyl (C=O) groups is 4. The molecule has 2 atom stereocenters. The van der Waals surface area contributed by atoms with Crippen LogP contribution in [0.5, 0.6) is 0 Å². The number of hydrogen-bond donors (Lipinski definition) is 1. The Bertz CT molecular complexity index is 1050. The van der Waals surface area contributed by atoms with Gasteiger partial charge in [0.1, 0.15) is 0 Å². The van der Waals surface area contributed by atoms with E-state index in [0.717, 1.165) is 10.5 Å². The second-order valence-corrected chi connectivity index (χ2v) is 7.71. The van der Waals surface area contributed by atoms with Gasteiger partial charge in [-0.05, 0) is 50.1 Å². The molecular formula is C24H22N2O5. The molecule has 1 saturated heterocycles. The summed E-state index contributed by atoms with van der Waals surface area (Å²) in [6.07, 6.45) is 4.93. The van der Waals surface area contributed by atoms with E-state index in [0.29, 0.717) is 24.2 Å². The number of fused-ring (bicyclic) bond motifs is 1. The summed E-state index contributed by atoms with van der Waals surface area (Å²) in [7, 11) is 0. The summed E-state index contributed by atoms with van der Waals surface area (Å²) < 4.78 is 5.10. The number of allylic oxidation sites excluding steroid dienone is 2. The Morgan fingerprint density at radius 1 is 1.00 bits per heavy atom. The van der Waals surface area contributed by atoms with E-state index >= 15 is 0 Å². The van der Waals surface area contributed by atoms with Gasteiger partial charge in [-0.2, -0.15) is 0 Å². The van der Waals surface area contributed by atoms with Crippen molar-refractivity contribution in [2.45, 2.75) is 19.8 Å². The van der Waals surface area contributed by atoms with Gasteiger partial charge in [0.2, 0.25) is 11.8 Å². The summed E-state index contributed by atoms with van der Waals surface area (Å²) in [4.78, 5) is 51.1. The summed E-state index contributed by atoms with van der Waals surface area (Å²) in [5.74, 6) is -2.37. The van der Waals surface area contributed by atoms with Crippen molar-refractivity contribution >= 4 is 35.1 Å². The lowest BCUT2D eigenvalue weighted by Crippen LogP contribution is -2.31. The number of hydrogen-bond acceptors (Lipinski definition) is 5. The smallest absolute Gasteiger partial charge is 0.338 e. The highest BCUT2D eigenvalue weighted by atomic mass is 16.5. The molecule has 0 saturated carbocycles. The molecule has 1 heterocycles. The van der Waals surface area contributed by atoms with E-state index < -0.39 is 18.5 Å². The molecule has 1 aliphatic carbocycles. The average molecular weight is 418 g/mol. The number of ether oxygens (including phenoxy) is 1. The van der Waals surface area contributed by atoms with Gasteiger partial charge < -0.3 is 10.1 Å². The molecule has 1 fully saturated rings. The van der Waals surface area contributed by atoms with Crippen LogP contribution in [0.4, 0.5) is 11.4 Å². The Morgan fingerprint density at radius 2 is 1.65 bits per heavy atom. The van der Waals surface area contributed by atoms with Gasteiger partial charge in [-0.1, -0.05) is 35.9 Å². The molecule has 2 aromatic rings. The van der Waals surface area contributed by atoms with Crippen LogP contribution in [0.1, 0.15) is 28.8 Å². The second kappa shape index (κ2) is 8.55. The van der Waals surface area contributed by atoms with Gasteiger partial charge in [0.05, 0.1) is 23.1 Å². The fourth-order valence-electron chi connectivity index (χ4n) is 3.88. The van der Waals surface area contributed by atoms with Crippen LogP contribution < -0.4 is 10.2 Å². The van der Waals surface area contributed by atoms with Crippen LogP contribution in [-0.4, -0.2) is 30.3 Å². The third-order valence-electron chi connectivity index (χ3n) is 5.52. The zero-order chi connectivity index (χ0) is 22.0. The molecule has 0 aromatic heterocycles. The molecule has 7 heteroatoms. The van der Waals surface area contributed by atoms with E-state index in [4.69, 9.17) is 4.74 Å². The lowest BCUT2D eigenvalue weighted by Gasteiger charge is -2.15. The number of imide groups is 1. The van der Waals surface area contributed by atoms with Crippen molar-refractivity contribution in [3.63, 3.8) is 0 Å². The quantitative estimate of drug-likeness (QED) is 0.457. The van der Waals surface area contributed by atoms with E-state index in [9.17, 15) is 19.2 Å². The summed E-state index contributed by atoms with van der Waals surface area (Å²) in [6.45, 7) is 1.49. The number of anilines is 2. The minimum Gasteiger partial charge on any atom is -0.452 e. The number of nitrogens with one attached hydrogen (secondary N) is 1. The Hall–Kier alpha value is -3.74. The number of aryl methyl sites for hydroxylation is 1. The number of rotatable bonds is 5. The molecule has 2 aromatic carbocycles. The predicted molar refractivity (Wildman–Crippen MR) is 114 cm³/mol. The van der Waals surface area contributed by atoms with Gasteiger partial charge in [0, 0.05) is 5.69 Å². The standard InChI is InChI=1S/C24H22N2O5/c1-15-9-11-17(12-10-15)25-21(27)14-31-24(30)16-5-4-6-18(13-16)26-22(28)19-7-2-3-8-20(19)23(26)29/h2-6,9-13,19-20H,7-8,14H2,1H3,(H,25,27)/t19-,20-/m1/s1. The molecule has 1 N–H and O–H groups in total. The van der Waals surface area contributed by atoms with E-state index in [1.54, 1.807) is 24.3 Å². The minimum absolute atomic E-state index is 0.161. The van der Waals surface area contributed by atoms with Gasteiger partial charge >= 0.3 is 5.97 Å². The number of nitrogens with zero attached hydrogens (tertiary/aromatic N) is 1. The maximum Gasteiger partial charge on any atom is 0.338 e. The molecule has 1 aliphatic heterocycles. The Morgan fingerprint density at radius 3 is 2.29 bits per heavy atom. The molecule has 0 unspecified atom stereocenters. The SMILES string of the molecule is Cc1ccc(NC(=O)COC(=O)c2cccc(N3C(=O)[C@@H]4CC=CC[C@H]4C3=O)c2)cc1. The topological polar surface area (TPSA) is 92.8 Å². The predicted octanol–water partition coefficient (Wildman–Crippen LogP) is 3.25. The van der Waals surface area contributed by atoms with Crippen LogP contribution in [-0.2, 0) is 19.1 Å². The van der Waals surface area contributed by atoms with E-state index in [1.807, 2.05) is 31.2 Å². The van der Waals surface area contributed by atoms with Crippen LogP contribution in [0.2, 0.25) is 0 Å². The molecule has 0 bridgehead atoms. The highest BCUT2D eigenvalue weighted by molar-refractivity contribution is 6.22. The van der Waals surface area contributed by atoms with Crippen LogP contribution >= 0.6 is 0 Å². The van der Waals surface area contributed by atoms with Crippen LogP contribution in [0.3, 0.4) is 0 Å². The maximum absolute atomic E-state index is 12.7. The number of benzene rings is 2. The summed E-state index contributed by atoms with van der Waals surface area (Å²) in [5, 5.41) is 2.65. The molecule has 158 valence electrons. The minimum atomic E-state index is -0.709. The average Bonchev–Trinajstić information content (AvgIpc) is 3.04. The first-order chi connectivity index (χ1) is 14.9. The zero-order valence-corrected chi connectivity index (χ0v) is 17.0. The molecule has 0 spiro atoms. The van der Waals surface area contributed by atoms with E-state index in [1.165, 1.54) is 12.1 Å².